The van der Waals surface area contributed by atoms with E-state index >= 15 is 0 Å². The number of likely N-dealkylation sites (tertiary alicyclic amines) is 1. The average molecular weight is 598 g/mol. The molecule has 0 bridgehead atoms. The van der Waals surface area contributed by atoms with Crippen LogP contribution in [0.15, 0.2) is 59.6 Å². The summed E-state index contributed by atoms with van der Waals surface area (Å²) in [6.45, 7) is 12.3. The van der Waals surface area contributed by atoms with E-state index in [-0.39, 0.29) is 5.91 Å². The topological polar surface area (TPSA) is 60.0 Å². The Morgan fingerprint density at radius 2 is 1.72 bits per heavy atom. The van der Waals surface area contributed by atoms with Gasteiger partial charge in [0.05, 0.1) is 5.69 Å². The fraction of sp³-hybridized carbons (Fsp3) is 0.379. The molecule has 1 fully saturated rings. The van der Waals surface area contributed by atoms with Gasteiger partial charge in [-0.1, -0.05) is 56.8 Å². The summed E-state index contributed by atoms with van der Waals surface area (Å²) < 4.78 is 2.95. The van der Waals surface area contributed by atoms with Gasteiger partial charge >= 0.3 is 0 Å². The maximum absolute atomic E-state index is 13.4. The molecule has 0 saturated carbocycles. The Morgan fingerprint density at radius 3 is 2.36 bits per heavy atom. The summed E-state index contributed by atoms with van der Waals surface area (Å²) >= 11 is 2.04. The number of rotatable bonds is 9. The Morgan fingerprint density at radius 1 is 1.06 bits per heavy atom. The zero-order valence-electron chi connectivity index (χ0n) is 21.3. The lowest BCUT2D eigenvalue weighted by molar-refractivity contribution is -0.127. The fourth-order valence-corrected chi connectivity index (χ4v) is 5.20. The maximum atomic E-state index is 13.4. The van der Waals surface area contributed by atoms with E-state index < -0.39 is 0 Å². The molecule has 0 spiro atoms. The zero-order chi connectivity index (χ0) is 25.5. The Hall–Kier alpha value is -2.65. The molecule has 2 aromatic rings. The van der Waals surface area contributed by atoms with Crippen LogP contribution in [0.5, 0.6) is 0 Å². The van der Waals surface area contributed by atoms with Gasteiger partial charge in [0, 0.05) is 72.3 Å². The van der Waals surface area contributed by atoms with Crippen LogP contribution in [0, 0.1) is 0 Å². The molecule has 6 nitrogen and oxygen atoms in total. The normalized spacial score (nSPS) is 15.0. The van der Waals surface area contributed by atoms with Crippen LogP contribution < -0.4 is 9.06 Å². The molecular weight excluding hydrogens is 561 g/mol. The summed E-state index contributed by atoms with van der Waals surface area (Å²) in [7, 11) is 0. The molecule has 1 amide bonds. The number of aliphatic imine (C=N–C) groups is 1. The minimum Gasteiger partial charge on any atom is -0.372 e. The van der Waals surface area contributed by atoms with Crippen molar-refractivity contribution in [3.8, 4) is 11.1 Å². The van der Waals surface area contributed by atoms with Crippen molar-refractivity contribution in [2.45, 2.75) is 46.0 Å². The van der Waals surface area contributed by atoms with Crippen molar-refractivity contribution in [1.29, 1.82) is 0 Å². The third kappa shape index (κ3) is 6.18. The highest BCUT2D eigenvalue weighted by atomic mass is 127. The number of carbonyl (C=O) groups excluding carboxylic acids is 1. The number of amidine groups is 1. The lowest BCUT2D eigenvalue weighted by Gasteiger charge is -2.23. The lowest BCUT2D eigenvalue weighted by atomic mass is 9.99. The lowest BCUT2D eigenvalue weighted by Crippen LogP contribution is -2.36. The molecule has 2 N–H and O–H groups in total. The molecule has 2 aliphatic rings. The molecule has 2 aliphatic heterocycles. The number of fused-ring (bicyclic) bond motifs is 1. The van der Waals surface area contributed by atoms with Gasteiger partial charge in [-0.05, 0) is 54.5 Å². The number of hydrogen-bond acceptors (Lipinski definition) is 5. The highest BCUT2D eigenvalue weighted by Crippen LogP contribution is 2.33. The number of benzene rings is 2. The second-order valence-corrected chi connectivity index (χ2v) is 9.95. The number of nitrogens with one attached hydrogen (secondary N) is 2. The molecule has 190 valence electrons. The smallest absolute Gasteiger partial charge is 0.250 e. The van der Waals surface area contributed by atoms with Crippen molar-refractivity contribution in [3.63, 3.8) is 0 Å². The minimum atomic E-state index is 0.0902. The van der Waals surface area contributed by atoms with Gasteiger partial charge in [-0.25, -0.2) is 4.99 Å². The van der Waals surface area contributed by atoms with Gasteiger partial charge in [0.1, 0.15) is 5.84 Å². The molecule has 0 radical (unpaired) electrons. The Balaban J connectivity index is 1.63. The molecule has 0 atom stereocenters. The fourth-order valence-electron chi connectivity index (χ4n) is 4.89. The van der Waals surface area contributed by atoms with Crippen LogP contribution in [0.4, 0.5) is 5.69 Å². The molecule has 4 rings (SSSR count). The average Bonchev–Trinajstić information content (AvgIpc) is 3.37. The van der Waals surface area contributed by atoms with E-state index in [9.17, 15) is 4.79 Å². The SMILES string of the molecule is C=C(c1ccc(-c2ccc3c(c2)N=C(NNI)CC(C(=O)N(CCC)CCC)=C3)cc1)N1CCCC1. The first-order valence-corrected chi connectivity index (χ1v) is 14.0. The van der Waals surface area contributed by atoms with E-state index in [0.717, 1.165) is 78.5 Å². The molecule has 0 aromatic heterocycles. The van der Waals surface area contributed by atoms with Crippen LogP contribution >= 0.6 is 22.9 Å². The summed E-state index contributed by atoms with van der Waals surface area (Å²) in [5, 5.41) is 0. The van der Waals surface area contributed by atoms with Gasteiger partial charge < -0.3 is 9.80 Å². The van der Waals surface area contributed by atoms with Gasteiger partial charge in [0.15, 0.2) is 0 Å². The first kappa shape index (κ1) is 26.4. The molecule has 36 heavy (non-hydrogen) atoms. The van der Waals surface area contributed by atoms with Crippen molar-refractivity contribution < 1.29 is 4.79 Å². The largest absolute Gasteiger partial charge is 0.372 e. The van der Waals surface area contributed by atoms with Crippen molar-refractivity contribution in [2.24, 2.45) is 4.99 Å². The van der Waals surface area contributed by atoms with Crippen molar-refractivity contribution in [1.82, 2.24) is 18.9 Å². The maximum Gasteiger partial charge on any atom is 0.250 e. The molecule has 0 unspecified atom stereocenters. The van der Waals surface area contributed by atoms with Crippen LogP contribution in [0.2, 0.25) is 0 Å². The second kappa shape index (κ2) is 12.5. The Bertz CT molecular complexity index is 1140. The Kier molecular flexibility index (Phi) is 9.20. The van der Waals surface area contributed by atoms with Crippen molar-refractivity contribution in [3.05, 3.63) is 65.7 Å². The van der Waals surface area contributed by atoms with Gasteiger partial charge in [-0.15, -0.1) is 0 Å². The quantitative estimate of drug-likeness (QED) is 0.202. The van der Waals surface area contributed by atoms with Crippen molar-refractivity contribution in [2.75, 3.05) is 26.2 Å². The summed E-state index contributed by atoms with van der Waals surface area (Å²) in [6, 6.07) is 14.9. The van der Waals surface area contributed by atoms with Gasteiger partial charge in [0.2, 0.25) is 5.91 Å². The summed E-state index contributed by atoms with van der Waals surface area (Å²) in [5.74, 6) is 0.817. The summed E-state index contributed by atoms with van der Waals surface area (Å²) in [6.07, 6.45) is 6.83. The van der Waals surface area contributed by atoms with E-state index in [2.05, 4.69) is 76.9 Å². The summed E-state index contributed by atoms with van der Waals surface area (Å²) in [5.41, 5.74) is 10.2. The first-order valence-electron chi connectivity index (χ1n) is 12.9. The molecule has 7 heteroatoms. The standard InChI is InChI=1S/C29H36IN5O/c1-4-14-35(15-5-2)29(36)26-18-25-13-12-24(19-27(25)31-28(20-26)32-33-30)23-10-8-22(9-11-23)21(3)34-16-6-7-17-34/h8-13,18-19,33H,3-7,14-17,20H2,1-2H3,(H,31,32). The Labute approximate surface area is 229 Å². The van der Waals surface area contributed by atoms with Crippen LogP contribution in [-0.2, 0) is 4.79 Å². The predicted molar refractivity (Wildman–Crippen MR) is 159 cm³/mol. The van der Waals surface area contributed by atoms with Gasteiger partial charge in [-0.3, -0.25) is 10.2 Å². The molecule has 1 saturated heterocycles. The zero-order valence-corrected chi connectivity index (χ0v) is 23.5. The van der Waals surface area contributed by atoms with Crippen LogP contribution in [0.3, 0.4) is 0 Å². The second-order valence-electron chi connectivity index (χ2n) is 9.41. The van der Waals surface area contributed by atoms with E-state index in [0.29, 0.717) is 6.42 Å². The number of halogens is 1. The van der Waals surface area contributed by atoms with Crippen LogP contribution in [0.1, 0.15) is 57.1 Å². The number of amides is 1. The van der Waals surface area contributed by atoms with E-state index in [4.69, 9.17) is 4.99 Å². The highest BCUT2D eigenvalue weighted by Gasteiger charge is 2.22. The van der Waals surface area contributed by atoms with Crippen LogP contribution in [0.25, 0.3) is 22.9 Å². The molecule has 2 heterocycles. The third-order valence-corrected chi connectivity index (χ3v) is 7.02. The minimum absolute atomic E-state index is 0.0902. The molecule has 0 aliphatic carbocycles. The summed E-state index contributed by atoms with van der Waals surface area (Å²) in [4.78, 5) is 22.6. The monoisotopic (exact) mass is 597 g/mol. The van der Waals surface area contributed by atoms with Crippen molar-refractivity contribution >= 4 is 52.1 Å². The predicted octanol–water partition coefficient (Wildman–Crippen LogP) is 6.33. The highest BCUT2D eigenvalue weighted by molar-refractivity contribution is 14.1. The molecular formula is C29H36IN5O. The number of carbonyl (C=O) groups is 1. The number of hydrazine groups is 1. The van der Waals surface area contributed by atoms with Gasteiger partial charge in [0.25, 0.3) is 0 Å². The number of hydrogen-bond donors (Lipinski definition) is 2. The van der Waals surface area contributed by atoms with E-state index in [1.54, 1.807) is 0 Å². The molecule has 2 aromatic carbocycles. The van der Waals surface area contributed by atoms with E-state index in [1.807, 2.05) is 33.8 Å². The van der Waals surface area contributed by atoms with Gasteiger partial charge in [-0.2, -0.15) is 3.64 Å². The van der Waals surface area contributed by atoms with Crippen LogP contribution in [-0.4, -0.2) is 47.7 Å². The number of nitrogens with zero attached hydrogens (tertiary/aromatic N) is 3. The third-order valence-electron chi connectivity index (χ3n) is 6.75. The van der Waals surface area contributed by atoms with E-state index in [1.165, 1.54) is 18.4 Å². The first-order chi connectivity index (χ1) is 17.5.